The van der Waals surface area contributed by atoms with Gasteiger partial charge in [-0.15, -0.1) is 11.3 Å². The molecule has 31 heavy (non-hydrogen) atoms. The van der Waals surface area contributed by atoms with Gasteiger partial charge < -0.3 is 9.64 Å². The lowest BCUT2D eigenvalue weighted by Gasteiger charge is -2.31. The van der Waals surface area contributed by atoms with Gasteiger partial charge in [-0.05, 0) is 60.2 Å². The third-order valence-electron chi connectivity index (χ3n) is 5.68. The van der Waals surface area contributed by atoms with Crippen LogP contribution in [0.15, 0.2) is 71.7 Å². The maximum Gasteiger partial charge on any atom is 0.282 e. The number of thiophene rings is 1. The van der Waals surface area contributed by atoms with Crippen molar-refractivity contribution in [1.82, 2.24) is 4.90 Å². The molecular weight excluding hydrogens is 408 g/mol. The molecule has 2 aromatic carbocycles. The Morgan fingerprint density at radius 2 is 1.71 bits per heavy atom. The zero-order valence-corrected chi connectivity index (χ0v) is 18.0. The van der Waals surface area contributed by atoms with Gasteiger partial charge in [-0.1, -0.05) is 30.3 Å². The number of amides is 2. The number of carbonyl (C=O) groups excluding carboxylic acids is 2. The number of carbonyl (C=O) groups is 2. The number of rotatable bonds is 5. The lowest BCUT2D eigenvalue weighted by atomic mass is 9.99. The van der Waals surface area contributed by atoms with Crippen LogP contribution >= 0.6 is 11.3 Å². The molecule has 5 nitrogen and oxygen atoms in total. The second-order valence-electron chi connectivity index (χ2n) is 7.51. The molecule has 1 aromatic heterocycles. The van der Waals surface area contributed by atoms with Crippen molar-refractivity contribution in [3.8, 4) is 5.75 Å². The first-order valence-electron chi connectivity index (χ1n) is 10.4. The monoisotopic (exact) mass is 430 g/mol. The molecule has 0 unspecified atom stereocenters. The van der Waals surface area contributed by atoms with E-state index in [-0.39, 0.29) is 11.8 Å². The highest BCUT2D eigenvalue weighted by molar-refractivity contribution is 7.11. The molecule has 2 amide bonds. The topological polar surface area (TPSA) is 49.9 Å². The zero-order valence-electron chi connectivity index (χ0n) is 17.2. The minimum absolute atomic E-state index is 0.267. The van der Waals surface area contributed by atoms with Gasteiger partial charge in [0.05, 0.1) is 17.9 Å². The van der Waals surface area contributed by atoms with E-state index in [0.717, 1.165) is 11.3 Å². The van der Waals surface area contributed by atoms with Crippen molar-refractivity contribution in [2.45, 2.75) is 19.9 Å². The normalized spacial score (nSPS) is 16.2. The van der Waals surface area contributed by atoms with Crippen molar-refractivity contribution in [2.75, 3.05) is 18.1 Å². The van der Waals surface area contributed by atoms with Gasteiger partial charge in [0.1, 0.15) is 11.4 Å². The first-order chi connectivity index (χ1) is 15.2. The fourth-order valence-electron chi connectivity index (χ4n) is 4.23. The number of hydrogen-bond acceptors (Lipinski definition) is 5. The van der Waals surface area contributed by atoms with E-state index in [1.807, 2.05) is 36.6 Å². The van der Waals surface area contributed by atoms with Crippen LogP contribution in [0.4, 0.5) is 5.69 Å². The summed E-state index contributed by atoms with van der Waals surface area (Å²) in [5.74, 6) is 0.173. The minimum atomic E-state index is -0.273. The molecule has 156 valence electrons. The first kappa shape index (κ1) is 19.6. The van der Waals surface area contributed by atoms with Gasteiger partial charge in [-0.2, -0.15) is 0 Å². The molecule has 0 spiro atoms. The molecule has 6 heteroatoms. The van der Waals surface area contributed by atoms with Gasteiger partial charge in [-0.25, -0.2) is 4.90 Å². The maximum absolute atomic E-state index is 13.6. The van der Waals surface area contributed by atoms with Gasteiger partial charge in [0.15, 0.2) is 0 Å². The number of fused-ring (bicyclic) bond motifs is 1. The zero-order chi connectivity index (χ0) is 21.4. The van der Waals surface area contributed by atoms with Crippen LogP contribution in [-0.4, -0.2) is 29.9 Å². The van der Waals surface area contributed by atoms with E-state index in [1.54, 1.807) is 24.3 Å². The van der Waals surface area contributed by atoms with Crippen LogP contribution in [0, 0.1) is 0 Å². The van der Waals surface area contributed by atoms with Crippen LogP contribution in [0.3, 0.4) is 0 Å². The Bertz CT molecular complexity index is 1170. The first-order valence-corrected chi connectivity index (χ1v) is 11.3. The highest BCUT2D eigenvalue weighted by atomic mass is 32.1. The molecule has 0 atom stereocenters. The molecule has 0 N–H and O–H groups in total. The number of anilines is 1. The van der Waals surface area contributed by atoms with E-state index in [1.165, 1.54) is 27.4 Å². The number of nitrogens with zero attached hydrogens (tertiary/aromatic N) is 2. The van der Waals surface area contributed by atoms with E-state index in [2.05, 4.69) is 17.0 Å². The quantitative estimate of drug-likeness (QED) is 0.560. The van der Waals surface area contributed by atoms with E-state index in [4.69, 9.17) is 4.74 Å². The van der Waals surface area contributed by atoms with Crippen molar-refractivity contribution in [3.63, 3.8) is 0 Å². The van der Waals surface area contributed by atoms with E-state index >= 15 is 0 Å². The molecule has 0 bridgehead atoms. The Morgan fingerprint density at radius 1 is 0.935 bits per heavy atom. The van der Waals surface area contributed by atoms with Crippen LogP contribution in [0.25, 0.3) is 5.57 Å². The molecule has 0 radical (unpaired) electrons. The summed E-state index contributed by atoms with van der Waals surface area (Å²) in [7, 11) is 0. The summed E-state index contributed by atoms with van der Waals surface area (Å²) in [4.78, 5) is 31.3. The smallest absolute Gasteiger partial charge is 0.282 e. The second-order valence-corrected chi connectivity index (χ2v) is 8.46. The SMILES string of the molecule is CCOc1ccc(N2C(=O)C(c3cccs3)=C(N3CCc4ccccc4C3)C2=O)cc1. The molecule has 0 aliphatic carbocycles. The van der Waals surface area contributed by atoms with Gasteiger partial charge in [-0.3, -0.25) is 9.59 Å². The molecule has 2 aliphatic rings. The Labute approximate surface area is 185 Å². The van der Waals surface area contributed by atoms with Gasteiger partial charge in [0.25, 0.3) is 11.8 Å². The molecule has 3 heterocycles. The Kier molecular flexibility index (Phi) is 5.08. The van der Waals surface area contributed by atoms with Crippen LogP contribution < -0.4 is 9.64 Å². The van der Waals surface area contributed by atoms with Gasteiger partial charge >= 0.3 is 0 Å². The molecular formula is C25H22N2O3S. The fraction of sp³-hybridized carbons (Fsp3) is 0.200. The molecule has 5 rings (SSSR count). The largest absolute Gasteiger partial charge is 0.494 e. The fourth-order valence-corrected chi connectivity index (χ4v) is 5.00. The second kappa shape index (κ2) is 8.04. The Morgan fingerprint density at radius 3 is 2.42 bits per heavy atom. The van der Waals surface area contributed by atoms with E-state index in [0.29, 0.717) is 42.4 Å². The van der Waals surface area contributed by atoms with Crippen LogP contribution in [0.2, 0.25) is 0 Å². The van der Waals surface area contributed by atoms with Crippen LogP contribution in [0.5, 0.6) is 5.75 Å². The summed E-state index contributed by atoms with van der Waals surface area (Å²) in [6.07, 6.45) is 0.849. The molecule has 0 saturated carbocycles. The highest BCUT2D eigenvalue weighted by Crippen LogP contribution is 2.38. The summed E-state index contributed by atoms with van der Waals surface area (Å²) in [5.41, 5.74) is 4.05. The summed E-state index contributed by atoms with van der Waals surface area (Å²) >= 11 is 1.48. The van der Waals surface area contributed by atoms with E-state index in [9.17, 15) is 9.59 Å². The minimum Gasteiger partial charge on any atom is -0.494 e. The van der Waals surface area contributed by atoms with Gasteiger partial charge in [0, 0.05) is 18.0 Å². The summed E-state index contributed by atoms with van der Waals surface area (Å²) in [5, 5.41) is 1.93. The van der Waals surface area contributed by atoms with Crippen molar-refractivity contribution in [1.29, 1.82) is 0 Å². The summed E-state index contributed by atoms with van der Waals surface area (Å²) < 4.78 is 5.50. The van der Waals surface area contributed by atoms with Crippen LogP contribution in [-0.2, 0) is 22.6 Å². The Hall–Kier alpha value is -3.38. The molecule has 3 aromatic rings. The average molecular weight is 431 g/mol. The lowest BCUT2D eigenvalue weighted by Crippen LogP contribution is -2.37. The van der Waals surface area contributed by atoms with Crippen molar-refractivity contribution >= 4 is 34.4 Å². The lowest BCUT2D eigenvalue weighted by molar-refractivity contribution is -0.120. The van der Waals surface area contributed by atoms with Crippen molar-refractivity contribution in [3.05, 3.63) is 87.7 Å². The number of benzene rings is 2. The van der Waals surface area contributed by atoms with Crippen LogP contribution in [0.1, 0.15) is 22.9 Å². The molecule has 0 fully saturated rings. The third kappa shape index (κ3) is 3.43. The number of hydrogen-bond donors (Lipinski definition) is 0. The summed E-state index contributed by atoms with van der Waals surface area (Å²) in [6.45, 7) is 3.81. The van der Waals surface area contributed by atoms with Crippen molar-refractivity contribution < 1.29 is 14.3 Å². The molecule has 2 aliphatic heterocycles. The standard InChI is InChI=1S/C25H22N2O3S/c1-2-30-20-11-9-19(10-12-20)27-24(28)22(21-8-5-15-31-21)23(25(27)29)26-14-13-17-6-3-4-7-18(17)16-26/h3-12,15H,2,13-14,16H2,1H3. The summed E-state index contributed by atoms with van der Waals surface area (Å²) in [6, 6.07) is 19.2. The maximum atomic E-state index is 13.6. The number of imide groups is 1. The van der Waals surface area contributed by atoms with E-state index < -0.39 is 0 Å². The van der Waals surface area contributed by atoms with Gasteiger partial charge in [0.2, 0.25) is 0 Å². The Balaban J connectivity index is 1.54. The van der Waals surface area contributed by atoms with Crippen molar-refractivity contribution in [2.24, 2.45) is 0 Å². The number of ether oxygens (including phenoxy) is 1. The predicted octanol–water partition coefficient (Wildman–Crippen LogP) is 4.49. The predicted molar refractivity (Wildman–Crippen MR) is 122 cm³/mol. The average Bonchev–Trinajstić information content (AvgIpc) is 3.40. The third-order valence-corrected chi connectivity index (χ3v) is 6.57. The highest BCUT2D eigenvalue weighted by Gasteiger charge is 2.43. The molecule has 0 saturated heterocycles.